The Labute approximate surface area is 205 Å². The van der Waals surface area contributed by atoms with E-state index in [9.17, 15) is 9.59 Å². The minimum absolute atomic E-state index is 0.115. The molecule has 1 amide bonds. The zero-order chi connectivity index (χ0) is 24.1. The topological polar surface area (TPSA) is 61.9 Å². The van der Waals surface area contributed by atoms with Gasteiger partial charge in [0.15, 0.2) is 0 Å². The van der Waals surface area contributed by atoms with Gasteiger partial charge >= 0.3 is 5.97 Å². The molecule has 1 aromatic heterocycles. The highest BCUT2D eigenvalue weighted by molar-refractivity contribution is 7.20. The lowest BCUT2D eigenvalue weighted by Gasteiger charge is -2.36. The van der Waals surface area contributed by atoms with Gasteiger partial charge in [-0.1, -0.05) is 48.5 Å². The van der Waals surface area contributed by atoms with Crippen molar-refractivity contribution in [2.75, 3.05) is 49.5 Å². The van der Waals surface area contributed by atoms with Crippen LogP contribution in [0.5, 0.6) is 0 Å². The molecule has 34 heavy (non-hydrogen) atoms. The molecule has 2 heterocycles. The molecule has 7 heteroatoms. The van der Waals surface area contributed by atoms with E-state index >= 15 is 0 Å². The van der Waals surface area contributed by atoms with Crippen molar-refractivity contribution in [3.05, 3.63) is 71.3 Å². The van der Waals surface area contributed by atoms with Crippen molar-refractivity contribution in [3.8, 4) is 10.4 Å². The summed E-state index contributed by atoms with van der Waals surface area (Å²) in [6.45, 7) is 9.78. The smallest absolute Gasteiger partial charge is 0.341 e. The second-order valence-electron chi connectivity index (χ2n) is 8.44. The fraction of sp³-hybridized carbons (Fsp3) is 0.333. The third-order valence-corrected chi connectivity index (χ3v) is 7.37. The number of thiophene rings is 1. The predicted molar refractivity (Wildman–Crippen MR) is 139 cm³/mol. The van der Waals surface area contributed by atoms with Gasteiger partial charge in [0.1, 0.15) is 5.00 Å². The molecule has 0 unspecified atom stereocenters. The molecule has 0 spiro atoms. The van der Waals surface area contributed by atoms with Crippen LogP contribution in [0.15, 0.2) is 54.6 Å². The second-order valence-corrected chi connectivity index (χ2v) is 9.47. The monoisotopic (exact) mass is 477 g/mol. The Balaban J connectivity index is 1.44. The molecule has 2 aromatic carbocycles. The standard InChI is InChI=1S/C27H31N3O3S/c1-4-33-27(32)24-20(3)25(21-11-6-5-7-12-21)34-26(24)28-23(31)18-29-14-16-30(17-15-29)22-13-9-8-10-19(22)2/h5-13H,4,14-18H2,1-3H3,(H,28,31). The van der Waals surface area contributed by atoms with Gasteiger partial charge in [0, 0.05) is 36.7 Å². The molecule has 1 aliphatic heterocycles. The molecule has 0 radical (unpaired) electrons. The summed E-state index contributed by atoms with van der Waals surface area (Å²) in [5, 5.41) is 3.56. The number of aryl methyl sites for hydroxylation is 1. The minimum Gasteiger partial charge on any atom is -0.462 e. The van der Waals surface area contributed by atoms with E-state index in [4.69, 9.17) is 4.74 Å². The fourth-order valence-electron chi connectivity index (χ4n) is 4.35. The highest BCUT2D eigenvalue weighted by atomic mass is 32.1. The van der Waals surface area contributed by atoms with Gasteiger partial charge < -0.3 is 15.0 Å². The van der Waals surface area contributed by atoms with Crippen molar-refractivity contribution in [3.63, 3.8) is 0 Å². The third-order valence-electron chi connectivity index (χ3n) is 6.11. The van der Waals surface area contributed by atoms with Crippen LogP contribution in [0.2, 0.25) is 0 Å². The number of piperazine rings is 1. The number of amides is 1. The van der Waals surface area contributed by atoms with Crippen LogP contribution < -0.4 is 10.2 Å². The molecular formula is C27H31N3O3S. The first kappa shape index (κ1) is 24.0. The number of anilines is 2. The lowest BCUT2D eigenvalue weighted by Crippen LogP contribution is -2.48. The number of para-hydroxylation sites is 1. The Morgan fingerprint density at radius 3 is 2.32 bits per heavy atom. The number of carbonyl (C=O) groups is 2. The molecule has 1 fully saturated rings. The number of hydrogen-bond acceptors (Lipinski definition) is 6. The third kappa shape index (κ3) is 5.32. The van der Waals surface area contributed by atoms with Crippen LogP contribution in [0, 0.1) is 13.8 Å². The molecule has 1 saturated heterocycles. The lowest BCUT2D eigenvalue weighted by atomic mass is 10.1. The van der Waals surface area contributed by atoms with E-state index in [1.807, 2.05) is 37.3 Å². The Morgan fingerprint density at radius 2 is 1.65 bits per heavy atom. The van der Waals surface area contributed by atoms with Crippen molar-refractivity contribution < 1.29 is 14.3 Å². The van der Waals surface area contributed by atoms with Crippen LogP contribution in [-0.4, -0.2) is 56.1 Å². The summed E-state index contributed by atoms with van der Waals surface area (Å²) >= 11 is 1.42. The van der Waals surface area contributed by atoms with Gasteiger partial charge in [-0.05, 0) is 43.5 Å². The van der Waals surface area contributed by atoms with Gasteiger partial charge in [0.2, 0.25) is 5.91 Å². The maximum Gasteiger partial charge on any atom is 0.341 e. The first-order valence-corrected chi connectivity index (χ1v) is 12.5. The largest absolute Gasteiger partial charge is 0.462 e. The molecule has 178 valence electrons. The minimum atomic E-state index is -0.402. The van der Waals surface area contributed by atoms with E-state index in [1.54, 1.807) is 6.92 Å². The fourth-order valence-corrected chi connectivity index (χ4v) is 5.57. The number of hydrogen-bond donors (Lipinski definition) is 1. The molecule has 0 atom stereocenters. The van der Waals surface area contributed by atoms with Crippen LogP contribution in [0.1, 0.15) is 28.4 Å². The first-order chi connectivity index (χ1) is 16.5. The highest BCUT2D eigenvalue weighted by Crippen LogP contribution is 2.40. The van der Waals surface area contributed by atoms with Crippen molar-refractivity contribution in [2.24, 2.45) is 0 Å². The summed E-state index contributed by atoms with van der Waals surface area (Å²) in [4.78, 5) is 31.2. The van der Waals surface area contributed by atoms with E-state index in [0.717, 1.165) is 42.2 Å². The van der Waals surface area contributed by atoms with E-state index in [-0.39, 0.29) is 12.5 Å². The van der Waals surface area contributed by atoms with Crippen LogP contribution in [0.4, 0.5) is 10.7 Å². The molecule has 0 saturated carbocycles. The molecule has 1 N–H and O–H groups in total. The van der Waals surface area contributed by atoms with Gasteiger partial charge in [-0.15, -0.1) is 11.3 Å². The first-order valence-electron chi connectivity index (χ1n) is 11.7. The van der Waals surface area contributed by atoms with Crippen LogP contribution in [0.25, 0.3) is 10.4 Å². The normalized spacial score (nSPS) is 14.1. The molecule has 0 bridgehead atoms. The SMILES string of the molecule is CCOC(=O)c1c(NC(=O)CN2CCN(c3ccccc3C)CC2)sc(-c2ccccc2)c1C. The highest BCUT2D eigenvalue weighted by Gasteiger charge is 2.25. The van der Waals surface area contributed by atoms with Crippen LogP contribution in [-0.2, 0) is 9.53 Å². The maximum atomic E-state index is 13.0. The zero-order valence-electron chi connectivity index (χ0n) is 20.0. The summed E-state index contributed by atoms with van der Waals surface area (Å²) in [5.41, 5.74) is 4.82. The Kier molecular flexibility index (Phi) is 7.65. The van der Waals surface area contributed by atoms with E-state index in [1.165, 1.54) is 22.6 Å². The Bertz CT molecular complexity index is 1150. The number of rotatable bonds is 7. The molecule has 6 nitrogen and oxygen atoms in total. The van der Waals surface area contributed by atoms with E-state index in [2.05, 4.69) is 46.3 Å². The van der Waals surface area contributed by atoms with E-state index in [0.29, 0.717) is 17.1 Å². The average Bonchev–Trinajstić information content (AvgIpc) is 3.16. The zero-order valence-corrected chi connectivity index (χ0v) is 20.8. The summed E-state index contributed by atoms with van der Waals surface area (Å²) in [6, 6.07) is 18.3. The van der Waals surface area contributed by atoms with E-state index < -0.39 is 5.97 Å². The average molecular weight is 478 g/mol. The molecule has 1 aliphatic rings. The van der Waals surface area contributed by atoms with Gasteiger partial charge in [-0.3, -0.25) is 9.69 Å². The summed E-state index contributed by atoms with van der Waals surface area (Å²) in [7, 11) is 0. The van der Waals surface area contributed by atoms with Gasteiger partial charge in [0.25, 0.3) is 0 Å². The number of esters is 1. The quantitative estimate of drug-likeness (QED) is 0.487. The van der Waals surface area contributed by atoms with Gasteiger partial charge in [-0.25, -0.2) is 4.79 Å². The number of carbonyl (C=O) groups excluding carboxylic acids is 2. The number of benzene rings is 2. The summed E-state index contributed by atoms with van der Waals surface area (Å²) < 4.78 is 5.29. The molecule has 0 aliphatic carbocycles. The predicted octanol–water partition coefficient (Wildman–Crippen LogP) is 4.97. The molecule has 3 aromatic rings. The lowest BCUT2D eigenvalue weighted by molar-refractivity contribution is -0.117. The van der Waals surface area contributed by atoms with Crippen LogP contribution >= 0.6 is 11.3 Å². The maximum absolute atomic E-state index is 13.0. The number of ether oxygens (including phenoxy) is 1. The van der Waals surface area contributed by atoms with Gasteiger partial charge in [0.05, 0.1) is 18.7 Å². The van der Waals surface area contributed by atoms with Crippen molar-refractivity contribution >= 4 is 33.9 Å². The van der Waals surface area contributed by atoms with Crippen LogP contribution in [0.3, 0.4) is 0 Å². The van der Waals surface area contributed by atoms with Crippen molar-refractivity contribution in [1.82, 2.24) is 4.90 Å². The Hall–Kier alpha value is -3.16. The second kappa shape index (κ2) is 10.8. The Morgan fingerprint density at radius 1 is 0.971 bits per heavy atom. The van der Waals surface area contributed by atoms with Gasteiger partial charge in [-0.2, -0.15) is 0 Å². The number of nitrogens with one attached hydrogen (secondary N) is 1. The number of nitrogens with zero attached hydrogens (tertiary/aromatic N) is 2. The van der Waals surface area contributed by atoms with Crippen molar-refractivity contribution in [1.29, 1.82) is 0 Å². The molecule has 4 rings (SSSR count). The van der Waals surface area contributed by atoms with Crippen molar-refractivity contribution in [2.45, 2.75) is 20.8 Å². The molecular weight excluding hydrogens is 446 g/mol. The summed E-state index contributed by atoms with van der Waals surface area (Å²) in [5.74, 6) is -0.517. The summed E-state index contributed by atoms with van der Waals surface area (Å²) in [6.07, 6.45) is 0.